The van der Waals surface area contributed by atoms with Gasteiger partial charge in [-0.1, -0.05) is 41.0 Å². The Bertz CT molecular complexity index is 224. The average Bonchev–Trinajstić information content (AvgIpc) is 2.80. The Morgan fingerprint density at radius 1 is 1.29 bits per heavy atom. The summed E-state index contributed by atoms with van der Waals surface area (Å²) < 4.78 is 0. The minimum atomic E-state index is 0.616. The standard InChI is InChI=1S/C14H26/c1-6-12-13(5,10(2)3)11(4)9-14(12)7-8-14/h10-12H,6-9H2,1-5H3. The molecule has 82 valence electrons. The van der Waals surface area contributed by atoms with E-state index in [4.69, 9.17) is 0 Å². The molecule has 0 N–H and O–H groups in total. The summed E-state index contributed by atoms with van der Waals surface area (Å²) in [5.74, 6) is 2.79. The van der Waals surface area contributed by atoms with E-state index < -0.39 is 0 Å². The van der Waals surface area contributed by atoms with Gasteiger partial charge in [-0.15, -0.1) is 0 Å². The fraction of sp³-hybridized carbons (Fsp3) is 1.00. The van der Waals surface area contributed by atoms with Crippen molar-refractivity contribution in [2.24, 2.45) is 28.6 Å². The molecule has 0 nitrogen and oxygen atoms in total. The van der Waals surface area contributed by atoms with Crippen molar-refractivity contribution in [1.29, 1.82) is 0 Å². The van der Waals surface area contributed by atoms with E-state index in [1.165, 1.54) is 25.7 Å². The van der Waals surface area contributed by atoms with E-state index in [1.807, 2.05) is 0 Å². The maximum atomic E-state index is 2.56. The zero-order valence-corrected chi connectivity index (χ0v) is 10.6. The van der Waals surface area contributed by atoms with Crippen molar-refractivity contribution in [3.8, 4) is 0 Å². The third kappa shape index (κ3) is 1.12. The molecule has 14 heavy (non-hydrogen) atoms. The maximum Gasteiger partial charge on any atom is -0.0243 e. The molecular formula is C14H26. The molecule has 0 heterocycles. The van der Waals surface area contributed by atoms with E-state index in [2.05, 4.69) is 34.6 Å². The first-order chi connectivity index (χ1) is 6.47. The van der Waals surface area contributed by atoms with Crippen LogP contribution in [0.25, 0.3) is 0 Å². The monoisotopic (exact) mass is 194 g/mol. The predicted molar refractivity (Wildman–Crippen MR) is 62.2 cm³/mol. The Labute approximate surface area is 89.5 Å². The van der Waals surface area contributed by atoms with Crippen LogP contribution in [0.2, 0.25) is 0 Å². The van der Waals surface area contributed by atoms with Gasteiger partial charge >= 0.3 is 0 Å². The van der Waals surface area contributed by atoms with Crippen molar-refractivity contribution in [1.82, 2.24) is 0 Å². The van der Waals surface area contributed by atoms with Gasteiger partial charge in [0, 0.05) is 0 Å². The number of hydrogen-bond donors (Lipinski definition) is 0. The lowest BCUT2D eigenvalue weighted by atomic mass is 9.64. The van der Waals surface area contributed by atoms with Gasteiger partial charge in [-0.3, -0.25) is 0 Å². The first kappa shape index (κ1) is 10.5. The highest BCUT2D eigenvalue weighted by molar-refractivity contribution is 5.12. The molecule has 0 aromatic carbocycles. The summed E-state index contributed by atoms with van der Waals surface area (Å²) in [5.41, 5.74) is 1.42. The van der Waals surface area contributed by atoms with Crippen molar-refractivity contribution in [3.05, 3.63) is 0 Å². The molecule has 2 aliphatic carbocycles. The van der Waals surface area contributed by atoms with Gasteiger partial charge in [0.1, 0.15) is 0 Å². The van der Waals surface area contributed by atoms with E-state index in [0.717, 1.165) is 23.2 Å². The molecule has 0 aromatic rings. The molecule has 2 fully saturated rings. The van der Waals surface area contributed by atoms with E-state index in [1.54, 1.807) is 0 Å². The van der Waals surface area contributed by atoms with Crippen LogP contribution in [0, 0.1) is 28.6 Å². The van der Waals surface area contributed by atoms with Crippen LogP contribution in [0.15, 0.2) is 0 Å². The summed E-state index contributed by atoms with van der Waals surface area (Å²) in [6.45, 7) is 12.3. The Balaban J connectivity index is 2.31. The predicted octanol–water partition coefficient (Wildman–Crippen LogP) is 4.49. The second kappa shape index (κ2) is 3.00. The Morgan fingerprint density at radius 2 is 1.86 bits per heavy atom. The van der Waals surface area contributed by atoms with Crippen molar-refractivity contribution in [2.45, 2.75) is 60.3 Å². The molecule has 0 bridgehead atoms. The second-order valence-corrected chi connectivity index (χ2v) is 6.45. The molecule has 0 amide bonds. The van der Waals surface area contributed by atoms with Crippen molar-refractivity contribution >= 4 is 0 Å². The topological polar surface area (TPSA) is 0 Å². The Morgan fingerprint density at radius 3 is 2.21 bits per heavy atom. The highest BCUT2D eigenvalue weighted by Crippen LogP contribution is 2.71. The van der Waals surface area contributed by atoms with Gasteiger partial charge in [-0.25, -0.2) is 0 Å². The fourth-order valence-electron chi connectivity index (χ4n) is 4.53. The molecule has 0 radical (unpaired) electrons. The van der Waals surface area contributed by atoms with Gasteiger partial charge in [-0.05, 0) is 47.8 Å². The molecular weight excluding hydrogens is 168 g/mol. The van der Waals surface area contributed by atoms with Crippen LogP contribution in [0.5, 0.6) is 0 Å². The van der Waals surface area contributed by atoms with Gasteiger partial charge in [0.25, 0.3) is 0 Å². The first-order valence-electron chi connectivity index (χ1n) is 6.47. The third-order valence-electron chi connectivity index (χ3n) is 5.81. The summed E-state index contributed by atoms with van der Waals surface area (Å²) >= 11 is 0. The second-order valence-electron chi connectivity index (χ2n) is 6.45. The molecule has 1 spiro atoms. The normalized spacial score (nSPS) is 45.0. The fourth-order valence-corrected chi connectivity index (χ4v) is 4.53. The van der Waals surface area contributed by atoms with E-state index >= 15 is 0 Å². The van der Waals surface area contributed by atoms with Crippen LogP contribution >= 0.6 is 0 Å². The lowest BCUT2D eigenvalue weighted by Crippen LogP contribution is -2.34. The largest absolute Gasteiger partial charge is 0.0651 e. The van der Waals surface area contributed by atoms with Crippen LogP contribution in [-0.2, 0) is 0 Å². The zero-order chi connectivity index (χ0) is 10.6. The van der Waals surface area contributed by atoms with Gasteiger partial charge in [-0.2, -0.15) is 0 Å². The van der Waals surface area contributed by atoms with Crippen LogP contribution in [0.1, 0.15) is 60.3 Å². The Hall–Kier alpha value is 0. The smallest absolute Gasteiger partial charge is 0.0243 e. The molecule has 3 atom stereocenters. The van der Waals surface area contributed by atoms with Gasteiger partial charge in [0.2, 0.25) is 0 Å². The van der Waals surface area contributed by atoms with Crippen molar-refractivity contribution in [2.75, 3.05) is 0 Å². The van der Waals surface area contributed by atoms with Gasteiger partial charge < -0.3 is 0 Å². The summed E-state index contributed by atoms with van der Waals surface area (Å²) in [6.07, 6.45) is 5.97. The summed E-state index contributed by atoms with van der Waals surface area (Å²) in [7, 11) is 0. The minimum Gasteiger partial charge on any atom is -0.0651 e. The zero-order valence-electron chi connectivity index (χ0n) is 10.6. The lowest BCUT2D eigenvalue weighted by molar-refractivity contribution is 0.0779. The molecule has 2 aliphatic rings. The SMILES string of the molecule is CCC1C2(CC2)CC(C)C1(C)C(C)C. The molecule has 0 aromatic heterocycles. The van der Waals surface area contributed by atoms with E-state index in [0.29, 0.717) is 5.41 Å². The van der Waals surface area contributed by atoms with Crippen LogP contribution in [0.4, 0.5) is 0 Å². The highest BCUT2D eigenvalue weighted by Gasteiger charge is 2.63. The van der Waals surface area contributed by atoms with Gasteiger partial charge in [0.05, 0.1) is 0 Å². The van der Waals surface area contributed by atoms with E-state index in [9.17, 15) is 0 Å². The Kier molecular flexibility index (Phi) is 2.25. The quantitative estimate of drug-likeness (QED) is 0.607. The third-order valence-corrected chi connectivity index (χ3v) is 5.81. The molecule has 0 aliphatic heterocycles. The van der Waals surface area contributed by atoms with E-state index in [-0.39, 0.29) is 0 Å². The molecule has 2 rings (SSSR count). The number of hydrogen-bond acceptors (Lipinski definition) is 0. The van der Waals surface area contributed by atoms with Crippen LogP contribution in [-0.4, -0.2) is 0 Å². The summed E-state index contributed by atoms with van der Waals surface area (Å²) in [6, 6.07) is 0. The molecule has 0 saturated heterocycles. The molecule has 3 unspecified atom stereocenters. The summed E-state index contributed by atoms with van der Waals surface area (Å²) in [4.78, 5) is 0. The first-order valence-corrected chi connectivity index (χ1v) is 6.47. The van der Waals surface area contributed by atoms with Crippen molar-refractivity contribution in [3.63, 3.8) is 0 Å². The highest BCUT2D eigenvalue weighted by atomic mass is 14.7. The molecule has 0 heteroatoms. The van der Waals surface area contributed by atoms with Crippen LogP contribution < -0.4 is 0 Å². The molecule has 2 saturated carbocycles. The van der Waals surface area contributed by atoms with Crippen LogP contribution in [0.3, 0.4) is 0 Å². The number of rotatable bonds is 2. The summed E-state index contributed by atoms with van der Waals surface area (Å²) in [5, 5.41) is 0. The van der Waals surface area contributed by atoms with Crippen molar-refractivity contribution < 1.29 is 0 Å². The minimum absolute atomic E-state index is 0.616. The van der Waals surface area contributed by atoms with Gasteiger partial charge in [0.15, 0.2) is 0 Å². The maximum absolute atomic E-state index is 2.56. The average molecular weight is 194 g/mol. The lowest BCUT2D eigenvalue weighted by Gasteiger charge is -2.40.